The van der Waals surface area contributed by atoms with Gasteiger partial charge in [0, 0.05) is 31.0 Å². The Morgan fingerprint density at radius 3 is 2.42 bits per heavy atom. The van der Waals surface area contributed by atoms with Crippen molar-refractivity contribution < 1.29 is 9.59 Å². The van der Waals surface area contributed by atoms with Crippen molar-refractivity contribution in [3.8, 4) is 11.3 Å². The van der Waals surface area contributed by atoms with Crippen molar-refractivity contribution in [2.45, 2.75) is 6.42 Å². The second kappa shape index (κ2) is 6.33. The van der Waals surface area contributed by atoms with Crippen LogP contribution in [0.5, 0.6) is 0 Å². The second-order valence-corrected chi connectivity index (χ2v) is 6.80. The average molecular weight is 347 g/mol. The van der Waals surface area contributed by atoms with Crippen molar-refractivity contribution in [1.82, 2.24) is 9.47 Å². The second-order valence-electron chi connectivity index (χ2n) is 6.80. The fraction of sp³-hybridized carbons (Fsp3) is 0.238. The molecule has 26 heavy (non-hydrogen) atoms. The topological polar surface area (TPSA) is 68.3 Å². The molecule has 5 heteroatoms. The van der Waals surface area contributed by atoms with Gasteiger partial charge in [0.25, 0.3) is 5.91 Å². The van der Waals surface area contributed by atoms with E-state index < -0.39 is 0 Å². The van der Waals surface area contributed by atoms with E-state index in [0.29, 0.717) is 25.1 Å². The number of fused-ring (bicyclic) bond motifs is 1. The third-order valence-electron chi connectivity index (χ3n) is 5.25. The first kappa shape index (κ1) is 16.4. The van der Waals surface area contributed by atoms with Gasteiger partial charge in [-0.2, -0.15) is 0 Å². The standard InChI is InChI=1S/C21H21N3O2/c1-23-17-10-6-5-9-16(17)18(19(23)14-7-3-2-4-8-14)21(26)24-12-11-15(13-24)20(22)25/h2-10,15H,11-13H2,1H3,(H2,22,25). The van der Waals surface area contributed by atoms with E-state index in [1.165, 1.54) is 0 Å². The lowest BCUT2D eigenvalue weighted by atomic mass is 10.0. The number of hydrogen-bond acceptors (Lipinski definition) is 2. The van der Waals surface area contributed by atoms with Crippen LogP contribution in [0.25, 0.3) is 22.2 Å². The minimum Gasteiger partial charge on any atom is -0.369 e. The molecule has 2 heterocycles. The van der Waals surface area contributed by atoms with Crippen molar-refractivity contribution in [1.29, 1.82) is 0 Å². The Balaban J connectivity index is 1.86. The molecular weight excluding hydrogens is 326 g/mol. The maximum absolute atomic E-state index is 13.4. The minimum atomic E-state index is -0.332. The van der Waals surface area contributed by atoms with Gasteiger partial charge in [0.1, 0.15) is 0 Å². The smallest absolute Gasteiger partial charge is 0.256 e. The molecule has 1 aromatic heterocycles. The zero-order valence-corrected chi connectivity index (χ0v) is 14.7. The van der Waals surface area contributed by atoms with E-state index in [-0.39, 0.29) is 17.7 Å². The predicted molar refractivity (Wildman–Crippen MR) is 102 cm³/mol. The summed E-state index contributed by atoms with van der Waals surface area (Å²) >= 11 is 0. The molecule has 2 N–H and O–H groups in total. The summed E-state index contributed by atoms with van der Waals surface area (Å²) in [5.74, 6) is -0.625. The van der Waals surface area contributed by atoms with Gasteiger partial charge in [0.2, 0.25) is 5.91 Å². The molecule has 1 atom stereocenters. The number of nitrogens with zero attached hydrogens (tertiary/aromatic N) is 2. The van der Waals surface area contributed by atoms with E-state index in [1.807, 2.05) is 61.6 Å². The number of rotatable bonds is 3. The number of hydrogen-bond donors (Lipinski definition) is 1. The third kappa shape index (κ3) is 2.56. The number of primary amides is 1. The first-order valence-electron chi connectivity index (χ1n) is 8.79. The molecule has 1 aliphatic rings. The van der Waals surface area contributed by atoms with Crippen molar-refractivity contribution in [2.75, 3.05) is 13.1 Å². The van der Waals surface area contributed by atoms with Crippen LogP contribution in [-0.2, 0) is 11.8 Å². The maximum Gasteiger partial charge on any atom is 0.256 e. The predicted octanol–water partition coefficient (Wildman–Crippen LogP) is 2.79. The van der Waals surface area contributed by atoms with Gasteiger partial charge in [-0.15, -0.1) is 0 Å². The summed E-state index contributed by atoms with van der Waals surface area (Å²) in [6.07, 6.45) is 0.631. The van der Waals surface area contributed by atoms with Crippen LogP contribution in [0, 0.1) is 5.92 Å². The molecular formula is C21H21N3O2. The Morgan fingerprint density at radius 2 is 1.73 bits per heavy atom. The number of aromatic nitrogens is 1. The number of likely N-dealkylation sites (tertiary alicyclic amines) is 1. The summed E-state index contributed by atoms with van der Waals surface area (Å²) in [5, 5.41) is 0.932. The minimum absolute atomic E-state index is 0.0376. The van der Waals surface area contributed by atoms with E-state index in [9.17, 15) is 9.59 Å². The van der Waals surface area contributed by atoms with Gasteiger partial charge >= 0.3 is 0 Å². The van der Waals surface area contributed by atoms with Gasteiger partial charge in [-0.3, -0.25) is 9.59 Å². The fourth-order valence-electron chi connectivity index (χ4n) is 3.88. The highest BCUT2D eigenvalue weighted by Gasteiger charge is 2.33. The molecule has 0 radical (unpaired) electrons. The highest BCUT2D eigenvalue weighted by molar-refractivity contribution is 6.13. The third-order valence-corrected chi connectivity index (χ3v) is 5.25. The number of aryl methyl sites for hydroxylation is 1. The Morgan fingerprint density at radius 1 is 1.04 bits per heavy atom. The Hall–Kier alpha value is -3.08. The van der Waals surface area contributed by atoms with Crippen LogP contribution in [-0.4, -0.2) is 34.4 Å². The molecule has 0 aliphatic carbocycles. The lowest BCUT2D eigenvalue weighted by Crippen LogP contribution is -2.32. The van der Waals surface area contributed by atoms with Crippen LogP contribution < -0.4 is 5.73 Å². The number of carbonyl (C=O) groups is 2. The van der Waals surface area contributed by atoms with E-state index in [2.05, 4.69) is 4.57 Å². The van der Waals surface area contributed by atoms with Crippen molar-refractivity contribution >= 4 is 22.7 Å². The normalized spacial score (nSPS) is 17.0. The summed E-state index contributed by atoms with van der Waals surface area (Å²) in [5.41, 5.74) is 9.04. The zero-order valence-electron chi connectivity index (χ0n) is 14.7. The number of carbonyl (C=O) groups excluding carboxylic acids is 2. The van der Waals surface area contributed by atoms with Gasteiger partial charge < -0.3 is 15.2 Å². The fourth-order valence-corrected chi connectivity index (χ4v) is 3.88. The number of nitrogens with two attached hydrogens (primary N) is 1. The number of para-hydroxylation sites is 1. The van der Waals surface area contributed by atoms with Gasteiger partial charge in [-0.25, -0.2) is 0 Å². The SMILES string of the molecule is Cn1c(-c2ccccc2)c(C(=O)N2CCC(C(N)=O)C2)c2ccccc21. The van der Waals surface area contributed by atoms with Crippen LogP contribution in [0.1, 0.15) is 16.8 Å². The van der Waals surface area contributed by atoms with Crippen LogP contribution >= 0.6 is 0 Å². The molecule has 132 valence electrons. The van der Waals surface area contributed by atoms with Crippen LogP contribution in [0.2, 0.25) is 0 Å². The Bertz CT molecular complexity index is 991. The van der Waals surface area contributed by atoms with Gasteiger partial charge in [-0.1, -0.05) is 48.5 Å². The molecule has 1 saturated heterocycles. The van der Waals surface area contributed by atoms with E-state index in [1.54, 1.807) is 4.90 Å². The molecule has 1 unspecified atom stereocenters. The molecule has 2 amide bonds. The van der Waals surface area contributed by atoms with Gasteiger partial charge in [0.05, 0.1) is 17.2 Å². The summed E-state index contributed by atoms with van der Waals surface area (Å²) in [6.45, 7) is 0.954. The van der Waals surface area contributed by atoms with E-state index in [0.717, 1.165) is 22.2 Å². The largest absolute Gasteiger partial charge is 0.369 e. The molecule has 0 spiro atoms. The number of amides is 2. The lowest BCUT2D eigenvalue weighted by Gasteiger charge is -2.17. The zero-order chi connectivity index (χ0) is 18.3. The Kier molecular flexibility index (Phi) is 3.99. The summed E-state index contributed by atoms with van der Waals surface area (Å²) in [6, 6.07) is 17.9. The van der Waals surface area contributed by atoms with E-state index in [4.69, 9.17) is 5.73 Å². The summed E-state index contributed by atoms with van der Waals surface area (Å²) in [7, 11) is 1.98. The van der Waals surface area contributed by atoms with E-state index >= 15 is 0 Å². The molecule has 0 saturated carbocycles. The molecule has 1 aliphatic heterocycles. The molecule has 2 aromatic carbocycles. The monoisotopic (exact) mass is 347 g/mol. The first-order chi connectivity index (χ1) is 12.6. The quantitative estimate of drug-likeness (QED) is 0.791. The lowest BCUT2D eigenvalue weighted by molar-refractivity contribution is -0.121. The van der Waals surface area contributed by atoms with Crippen LogP contribution in [0.4, 0.5) is 0 Å². The number of benzene rings is 2. The Labute approximate surface area is 152 Å². The summed E-state index contributed by atoms with van der Waals surface area (Å²) < 4.78 is 2.07. The molecule has 4 rings (SSSR count). The summed E-state index contributed by atoms with van der Waals surface area (Å²) in [4.78, 5) is 26.6. The molecule has 1 fully saturated rings. The van der Waals surface area contributed by atoms with Crippen LogP contribution in [0.15, 0.2) is 54.6 Å². The van der Waals surface area contributed by atoms with Crippen LogP contribution in [0.3, 0.4) is 0 Å². The van der Waals surface area contributed by atoms with Gasteiger partial charge in [0.15, 0.2) is 0 Å². The molecule has 3 aromatic rings. The molecule has 0 bridgehead atoms. The maximum atomic E-state index is 13.4. The highest BCUT2D eigenvalue weighted by Crippen LogP contribution is 2.34. The van der Waals surface area contributed by atoms with Crippen molar-refractivity contribution in [2.24, 2.45) is 18.7 Å². The van der Waals surface area contributed by atoms with Crippen molar-refractivity contribution in [3.63, 3.8) is 0 Å². The first-order valence-corrected chi connectivity index (χ1v) is 8.79. The average Bonchev–Trinajstić information content (AvgIpc) is 3.26. The van der Waals surface area contributed by atoms with Gasteiger partial charge in [-0.05, 0) is 18.1 Å². The van der Waals surface area contributed by atoms with Crippen molar-refractivity contribution in [3.05, 3.63) is 60.2 Å². The highest BCUT2D eigenvalue weighted by atomic mass is 16.2. The molecule has 5 nitrogen and oxygen atoms in total.